The van der Waals surface area contributed by atoms with Crippen molar-refractivity contribution in [1.29, 1.82) is 0 Å². The van der Waals surface area contributed by atoms with Crippen LogP contribution in [0.25, 0.3) is 0 Å². The summed E-state index contributed by atoms with van der Waals surface area (Å²) in [5, 5.41) is -0.749. The van der Waals surface area contributed by atoms with E-state index in [1.54, 1.807) is 6.08 Å². The van der Waals surface area contributed by atoms with Crippen LogP contribution in [0.2, 0.25) is 0 Å². The number of hydrogen-bond donors (Lipinski definition) is 1. The molecule has 0 aromatic heterocycles. The van der Waals surface area contributed by atoms with Crippen molar-refractivity contribution in [3.05, 3.63) is 23.3 Å². The van der Waals surface area contributed by atoms with Crippen molar-refractivity contribution in [2.75, 3.05) is 0 Å². The fourth-order valence-corrected chi connectivity index (χ4v) is 1.86. The molecule has 0 radical (unpaired) electrons. The zero-order valence-corrected chi connectivity index (χ0v) is 7.93. The monoisotopic (exact) mass is 188 g/mol. The van der Waals surface area contributed by atoms with E-state index in [0.29, 0.717) is 6.42 Å². The van der Waals surface area contributed by atoms with Gasteiger partial charge in [-0.3, -0.25) is 4.55 Å². The zero-order chi connectivity index (χ0) is 9.35. The van der Waals surface area contributed by atoms with E-state index >= 15 is 0 Å². The topological polar surface area (TPSA) is 54.4 Å². The Bertz CT molecular complexity index is 335. The van der Waals surface area contributed by atoms with Gasteiger partial charge in [0.1, 0.15) is 5.25 Å². The molecule has 0 unspecified atom stereocenters. The molecule has 1 atom stereocenters. The second kappa shape index (κ2) is 3.03. The summed E-state index contributed by atoms with van der Waals surface area (Å²) in [6, 6.07) is 0. The molecule has 0 aromatic rings. The van der Waals surface area contributed by atoms with Gasteiger partial charge in [0.25, 0.3) is 10.1 Å². The molecule has 1 aliphatic carbocycles. The van der Waals surface area contributed by atoms with Crippen LogP contribution in [-0.4, -0.2) is 18.2 Å². The predicted molar refractivity (Wildman–Crippen MR) is 47.5 cm³/mol. The van der Waals surface area contributed by atoms with Crippen LogP contribution in [0.1, 0.15) is 20.3 Å². The largest absolute Gasteiger partial charge is 0.285 e. The Kier molecular flexibility index (Phi) is 2.39. The second-order valence-electron chi connectivity index (χ2n) is 3.03. The molecule has 1 rings (SSSR count). The van der Waals surface area contributed by atoms with E-state index < -0.39 is 15.4 Å². The maximum Gasteiger partial charge on any atom is 0.271 e. The minimum atomic E-state index is -3.90. The van der Waals surface area contributed by atoms with Gasteiger partial charge < -0.3 is 0 Å². The Labute approximate surface area is 72.5 Å². The molecule has 3 nitrogen and oxygen atoms in total. The molecule has 0 fully saturated rings. The Hall–Kier alpha value is -0.610. The van der Waals surface area contributed by atoms with Gasteiger partial charge in [-0.25, -0.2) is 0 Å². The summed E-state index contributed by atoms with van der Waals surface area (Å²) >= 11 is 0. The maximum absolute atomic E-state index is 10.7. The minimum absolute atomic E-state index is 0.377. The van der Waals surface area contributed by atoms with E-state index in [2.05, 4.69) is 0 Å². The average molecular weight is 188 g/mol. The van der Waals surface area contributed by atoms with Crippen LogP contribution in [0, 0.1) is 0 Å². The number of hydrogen-bond acceptors (Lipinski definition) is 2. The molecular weight excluding hydrogens is 176 g/mol. The van der Waals surface area contributed by atoms with Gasteiger partial charge in [0, 0.05) is 0 Å². The third kappa shape index (κ3) is 1.95. The normalized spacial score (nSPS) is 24.8. The molecule has 0 heterocycles. The fourth-order valence-electron chi connectivity index (χ4n) is 1.14. The van der Waals surface area contributed by atoms with Crippen LogP contribution in [0.15, 0.2) is 23.3 Å². The molecule has 1 N–H and O–H groups in total. The van der Waals surface area contributed by atoms with Crippen molar-refractivity contribution in [3.63, 3.8) is 0 Å². The maximum atomic E-state index is 10.7. The summed E-state index contributed by atoms with van der Waals surface area (Å²) in [7, 11) is -3.90. The summed E-state index contributed by atoms with van der Waals surface area (Å²) in [5.41, 5.74) is 2.00. The van der Waals surface area contributed by atoms with Crippen LogP contribution in [-0.2, 0) is 10.1 Å². The van der Waals surface area contributed by atoms with E-state index in [0.717, 1.165) is 11.1 Å². The standard InChI is InChI=1S/C8H12O3S/c1-6-3-4-8(5-7(6)2)12(9,10)11/h3,5,8H,4H2,1-2H3,(H,9,10,11)/t8-/m1/s1. The van der Waals surface area contributed by atoms with Gasteiger partial charge in [-0.1, -0.05) is 23.3 Å². The van der Waals surface area contributed by atoms with Crippen LogP contribution >= 0.6 is 0 Å². The van der Waals surface area contributed by atoms with Crippen molar-refractivity contribution in [2.45, 2.75) is 25.5 Å². The molecule has 0 amide bonds. The number of allylic oxidation sites excluding steroid dienone is 3. The summed E-state index contributed by atoms with van der Waals surface area (Å²) in [6.45, 7) is 3.76. The first-order valence-electron chi connectivity index (χ1n) is 3.73. The van der Waals surface area contributed by atoms with Crippen molar-refractivity contribution in [1.82, 2.24) is 0 Å². The molecule has 1 aliphatic rings. The second-order valence-corrected chi connectivity index (χ2v) is 4.66. The molecule has 0 saturated heterocycles. The lowest BCUT2D eigenvalue weighted by Crippen LogP contribution is -2.19. The first-order chi connectivity index (χ1) is 5.41. The van der Waals surface area contributed by atoms with Gasteiger partial charge in [0.05, 0.1) is 0 Å². The molecule has 0 aliphatic heterocycles. The fraction of sp³-hybridized carbons (Fsp3) is 0.500. The van der Waals surface area contributed by atoms with Gasteiger partial charge in [-0.15, -0.1) is 0 Å². The van der Waals surface area contributed by atoms with Crippen molar-refractivity contribution >= 4 is 10.1 Å². The van der Waals surface area contributed by atoms with Crippen molar-refractivity contribution in [3.8, 4) is 0 Å². The smallest absolute Gasteiger partial charge is 0.271 e. The summed E-state index contributed by atoms with van der Waals surface area (Å²) in [4.78, 5) is 0. The van der Waals surface area contributed by atoms with Gasteiger partial charge in [0.2, 0.25) is 0 Å². The van der Waals surface area contributed by atoms with Gasteiger partial charge in [-0.2, -0.15) is 8.42 Å². The highest BCUT2D eigenvalue weighted by atomic mass is 32.2. The Morgan fingerprint density at radius 1 is 1.42 bits per heavy atom. The molecule has 0 aromatic carbocycles. The Morgan fingerprint density at radius 2 is 2.00 bits per heavy atom. The third-order valence-corrected chi connectivity index (χ3v) is 3.19. The quantitative estimate of drug-likeness (QED) is 0.635. The van der Waals surface area contributed by atoms with Gasteiger partial charge >= 0.3 is 0 Å². The molecule has 0 saturated carbocycles. The van der Waals surface area contributed by atoms with E-state index in [1.807, 2.05) is 19.9 Å². The third-order valence-electron chi connectivity index (χ3n) is 2.10. The van der Waals surface area contributed by atoms with Crippen LogP contribution in [0.3, 0.4) is 0 Å². The predicted octanol–water partition coefficient (Wildman–Crippen LogP) is 1.54. The highest BCUT2D eigenvalue weighted by Gasteiger charge is 2.22. The van der Waals surface area contributed by atoms with E-state index in [4.69, 9.17) is 4.55 Å². The highest BCUT2D eigenvalue weighted by molar-refractivity contribution is 7.86. The van der Waals surface area contributed by atoms with Crippen LogP contribution in [0.4, 0.5) is 0 Å². The highest BCUT2D eigenvalue weighted by Crippen LogP contribution is 2.21. The van der Waals surface area contributed by atoms with E-state index in [-0.39, 0.29) is 0 Å². The molecule has 4 heteroatoms. The summed E-state index contributed by atoms with van der Waals surface area (Å²) in [6.07, 6.45) is 3.79. The molecular formula is C8H12O3S. The molecule has 12 heavy (non-hydrogen) atoms. The van der Waals surface area contributed by atoms with E-state index in [1.165, 1.54) is 0 Å². The lowest BCUT2D eigenvalue weighted by Gasteiger charge is -2.14. The van der Waals surface area contributed by atoms with E-state index in [9.17, 15) is 8.42 Å². The SMILES string of the molecule is CC1=CC[C@@H](S(=O)(=O)O)C=C1C. The first-order valence-corrected chi connectivity index (χ1v) is 5.23. The molecule has 68 valence electrons. The lowest BCUT2D eigenvalue weighted by atomic mass is 10.0. The lowest BCUT2D eigenvalue weighted by molar-refractivity contribution is 0.474. The Morgan fingerprint density at radius 3 is 2.42 bits per heavy atom. The first kappa shape index (κ1) is 9.48. The van der Waals surface area contributed by atoms with Crippen molar-refractivity contribution < 1.29 is 13.0 Å². The van der Waals surface area contributed by atoms with Gasteiger partial charge in [0.15, 0.2) is 0 Å². The van der Waals surface area contributed by atoms with Crippen LogP contribution in [0.5, 0.6) is 0 Å². The number of rotatable bonds is 1. The minimum Gasteiger partial charge on any atom is -0.285 e. The molecule has 0 spiro atoms. The average Bonchev–Trinajstić information content (AvgIpc) is 1.92. The van der Waals surface area contributed by atoms with Crippen molar-refractivity contribution in [2.24, 2.45) is 0 Å². The van der Waals surface area contributed by atoms with Gasteiger partial charge in [-0.05, 0) is 20.3 Å². The molecule has 0 bridgehead atoms. The Balaban J connectivity index is 2.94. The van der Waals surface area contributed by atoms with Crippen LogP contribution < -0.4 is 0 Å². The zero-order valence-electron chi connectivity index (χ0n) is 7.11. The summed E-state index contributed by atoms with van der Waals surface area (Å²) < 4.78 is 30.2. The summed E-state index contributed by atoms with van der Waals surface area (Å²) in [5.74, 6) is 0.